The van der Waals surface area contributed by atoms with E-state index in [2.05, 4.69) is 32.9 Å². The topological polar surface area (TPSA) is 56.7 Å². The SMILES string of the molecule is Cc1nn(C)c(C)c1CC(N)Cc1ccc(Br)cn1. The molecule has 0 aliphatic carbocycles. The van der Waals surface area contributed by atoms with E-state index < -0.39 is 0 Å². The fourth-order valence-electron chi connectivity index (χ4n) is 2.24. The zero-order valence-corrected chi connectivity index (χ0v) is 13.1. The fourth-order valence-corrected chi connectivity index (χ4v) is 2.48. The van der Waals surface area contributed by atoms with Gasteiger partial charge in [0.15, 0.2) is 0 Å². The average molecular weight is 323 g/mol. The van der Waals surface area contributed by atoms with E-state index in [1.165, 1.54) is 11.3 Å². The molecule has 5 heteroatoms. The van der Waals surface area contributed by atoms with Crippen LogP contribution in [0.5, 0.6) is 0 Å². The Labute approximate surface area is 122 Å². The van der Waals surface area contributed by atoms with Crippen molar-refractivity contribution in [1.29, 1.82) is 0 Å². The van der Waals surface area contributed by atoms with E-state index in [1.54, 1.807) is 0 Å². The van der Waals surface area contributed by atoms with Gasteiger partial charge in [0, 0.05) is 41.6 Å². The van der Waals surface area contributed by atoms with Crippen LogP contribution in [0.15, 0.2) is 22.8 Å². The van der Waals surface area contributed by atoms with Crippen LogP contribution in [0.2, 0.25) is 0 Å². The Morgan fingerprint density at radius 3 is 2.58 bits per heavy atom. The summed E-state index contributed by atoms with van der Waals surface area (Å²) in [5.74, 6) is 0. The second kappa shape index (κ2) is 5.84. The minimum atomic E-state index is 0.0651. The number of nitrogens with two attached hydrogens (primary N) is 1. The van der Waals surface area contributed by atoms with E-state index in [0.29, 0.717) is 0 Å². The van der Waals surface area contributed by atoms with Gasteiger partial charge >= 0.3 is 0 Å². The van der Waals surface area contributed by atoms with Crippen LogP contribution in [0.25, 0.3) is 0 Å². The summed E-state index contributed by atoms with van der Waals surface area (Å²) in [5, 5.41) is 4.42. The van der Waals surface area contributed by atoms with Gasteiger partial charge in [-0.2, -0.15) is 5.10 Å². The van der Waals surface area contributed by atoms with Crippen LogP contribution in [0.3, 0.4) is 0 Å². The normalized spacial score (nSPS) is 12.7. The zero-order valence-electron chi connectivity index (χ0n) is 11.5. The number of rotatable bonds is 4. The largest absolute Gasteiger partial charge is 0.327 e. The molecule has 2 heterocycles. The van der Waals surface area contributed by atoms with Crippen molar-refractivity contribution in [2.24, 2.45) is 12.8 Å². The predicted octanol–water partition coefficient (Wildman–Crippen LogP) is 2.31. The Morgan fingerprint density at radius 2 is 2.05 bits per heavy atom. The summed E-state index contributed by atoms with van der Waals surface area (Å²) >= 11 is 3.38. The van der Waals surface area contributed by atoms with Gasteiger partial charge < -0.3 is 5.73 Å². The van der Waals surface area contributed by atoms with E-state index in [9.17, 15) is 0 Å². The highest BCUT2D eigenvalue weighted by molar-refractivity contribution is 9.10. The third-order valence-electron chi connectivity index (χ3n) is 3.39. The molecule has 0 spiro atoms. The zero-order chi connectivity index (χ0) is 14.0. The lowest BCUT2D eigenvalue weighted by molar-refractivity contribution is 0.648. The summed E-state index contributed by atoms with van der Waals surface area (Å²) in [4.78, 5) is 4.36. The Kier molecular flexibility index (Phi) is 4.37. The maximum absolute atomic E-state index is 6.23. The molecule has 0 radical (unpaired) electrons. The first-order valence-electron chi connectivity index (χ1n) is 6.32. The summed E-state index contributed by atoms with van der Waals surface area (Å²) in [6.07, 6.45) is 3.42. The minimum Gasteiger partial charge on any atom is -0.327 e. The number of aryl methyl sites for hydroxylation is 2. The molecule has 1 unspecified atom stereocenters. The van der Waals surface area contributed by atoms with Gasteiger partial charge in [0.05, 0.1) is 5.69 Å². The summed E-state index contributed by atoms with van der Waals surface area (Å²) in [6.45, 7) is 4.12. The Bertz CT molecular complexity index is 560. The molecule has 0 fully saturated rings. The fraction of sp³-hybridized carbons (Fsp3) is 0.429. The van der Waals surface area contributed by atoms with Gasteiger partial charge in [-0.15, -0.1) is 0 Å². The van der Waals surface area contributed by atoms with Crippen LogP contribution in [0.4, 0.5) is 0 Å². The number of hydrogen-bond donors (Lipinski definition) is 1. The number of halogens is 1. The summed E-state index contributed by atoms with van der Waals surface area (Å²) < 4.78 is 2.90. The van der Waals surface area contributed by atoms with Gasteiger partial charge in [-0.1, -0.05) is 0 Å². The van der Waals surface area contributed by atoms with Crippen LogP contribution in [0, 0.1) is 13.8 Å². The smallest absolute Gasteiger partial charge is 0.0628 e. The molecule has 2 aromatic heterocycles. The molecular formula is C14H19BrN4. The van der Waals surface area contributed by atoms with Gasteiger partial charge in [0.25, 0.3) is 0 Å². The van der Waals surface area contributed by atoms with Crippen molar-refractivity contribution < 1.29 is 0 Å². The van der Waals surface area contributed by atoms with Crippen LogP contribution < -0.4 is 5.73 Å². The Hall–Kier alpha value is -1.20. The lowest BCUT2D eigenvalue weighted by Crippen LogP contribution is -2.26. The maximum atomic E-state index is 6.23. The standard InChI is InChI=1S/C14H19BrN4/c1-9-14(10(2)19(3)18-9)7-12(16)6-13-5-4-11(15)8-17-13/h4-5,8,12H,6-7,16H2,1-3H3. The van der Waals surface area contributed by atoms with Crippen molar-refractivity contribution in [1.82, 2.24) is 14.8 Å². The molecular weight excluding hydrogens is 304 g/mol. The van der Waals surface area contributed by atoms with Gasteiger partial charge in [0.1, 0.15) is 0 Å². The van der Waals surface area contributed by atoms with E-state index in [-0.39, 0.29) is 6.04 Å². The first-order valence-corrected chi connectivity index (χ1v) is 7.11. The molecule has 0 saturated heterocycles. The molecule has 1 atom stereocenters. The van der Waals surface area contributed by atoms with E-state index in [1.807, 2.05) is 37.0 Å². The molecule has 0 saturated carbocycles. The third-order valence-corrected chi connectivity index (χ3v) is 3.85. The molecule has 2 aromatic rings. The van der Waals surface area contributed by atoms with E-state index in [4.69, 9.17) is 5.73 Å². The number of nitrogens with zero attached hydrogens (tertiary/aromatic N) is 3. The average Bonchev–Trinajstić information content (AvgIpc) is 2.59. The molecule has 2 rings (SSSR count). The monoisotopic (exact) mass is 322 g/mol. The number of hydrogen-bond acceptors (Lipinski definition) is 3. The van der Waals surface area contributed by atoms with Gasteiger partial charge in [-0.3, -0.25) is 9.67 Å². The summed E-state index contributed by atoms with van der Waals surface area (Å²) in [6, 6.07) is 4.07. The van der Waals surface area contributed by atoms with Crippen molar-refractivity contribution in [2.75, 3.05) is 0 Å². The molecule has 0 aliphatic heterocycles. The second-order valence-electron chi connectivity index (χ2n) is 4.91. The molecule has 0 amide bonds. The van der Waals surface area contributed by atoms with Gasteiger partial charge in [-0.05, 0) is 53.9 Å². The first-order chi connectivity index (χ1) is 8.97. The summed E-state index contributed by atoms with van der Waals surface area (Å²) in [5.41, 5.74) is 10.8. The van der Waals surface area contributed by atoms with Crippen molar-refractivity contribution in [3.8, 4) is 0 Å². The lowest BCUT2D eigenvalue weighted by atomic mass is 10.0. The summed E-state index contributed by atoms with van der Waals surface area (Å²) in [7, 11) is 1.97. The number of pyridine rings is 1. The number of aromatic nitrogens is 3. The van der Waals surface area contributed by atoms with Crippen molar-refractivity contribution in [3.05, 3.63) is 45.4 Å². The highest BCUT2D eigenvalue weighted by atomic mass is 79.9. The van der Waals surface area contributed by atoms with Crippen LogP contribution in [-0.4, -0.2) is 20.8 Å². The molecule has 19 heavy (non-hydrogen) atoms. The molecule has 4 nitrogen and oxygen atoms in total. The van der Waals surface area contributed by atoms with Crippen molar-refractivity contribution in [2.45, 2.75) is 32.7 Å². The Balaban J connectivity index is 2.05. The highest BCUT2D eigenvalue weighted by Gasteiger charge is 2.14. The van der Waals surface area contributed by atoms with Gasteiger partial charge in [0.2, 0.25) is 0 Å². The highest BCUT2D eigenvalue weighted by Crippen LogP contribution is 2.15. The van der Waals surface area contributed by atoms with Gasteiger partial charge in [-0.25, -0.2) is 0 Å². The quantitative estimate of drug-likeness (QED) is 0.939. The maximum Gasteiger partial charge on any atom is 0.0628 e. The van der Waals surface area contributed by atoms with E-state index in [0.717, 1.165) is 28.7 Å². The molecule has 0 bridgehead atoms. The van der Waals surface area contributed by atoms with Crippen LogP contribution in [0.1, 0.15) is 22.6 Å². The van der Waals surface area contributed by atoms with Crippen LogP contribution >= 0.6 is 15.9 Å². The molecule has 2 N–H and O–H groups in total. The molecule has 102 valence electrons. The lowest BCUT2D eigenvalue weighted by Gasteiger charge is -2.11. The van der Waals surface area contributed by atoms with E-state index >= 15 is 0 Å². The predicted molar refractivity (Wildman–Crippen MR) is 80.0 cm³/mol. The van der Waals surface area contributed by atoms with Crippen molar-refractivity contribution >= 4 is 15.9 Å². The van der Waals surface area contributed by atoms with Crippen molar-refractivity contribution in [3.63, 3.8) is 0 Å². The van der Waals surface area contributed by atoms with Crippen LogP contribution in [-0.2, 0) is 19.9 Å². The Morgan fingerprint density at radius 1 is 1.32 bits per heavy atom. The molecule has 0 aromatic carbocycles. The minimum absolute atomic E-state index is 0.0651. The molecule has 0 aliphatic rings. The third kappa shape index (κ3) is 3.42. The second-order valence-corrected chi connectivity index (χ2v) is 5.82. The first kappa shape index (κ1) is 14.2.